The Morgan fingerprint density at radius 1 is 1.27 bits per heavy atom. The summed E-state index contributed by atoms with van der Waals surface area (Å²) < 4.78 is 0. The van der Waals surface area contributed by atoms with E-state index in [1.807, 2.05) is 0 Å². The number of rotatable bonds is 5. The van der Waals surface area contributed by atoms with Gasteiger partial charge in [0.05, 0.1) is 11.5 Å². The molecule has 0 bridgehead atoms. The zero-order chi connectivity index (χ0) is 16.1. The number of hydrogen-bond acceptors (Lipinski definition) is 4. The van der Waals surface area contributed by atoms with E-state index in [2.05, 4.69) is 10.6 Å². The van der Waals surface area contributed by atoms with Crippen molar-refractivity contribution in [3.63, 3.8) is 0 Å². The minimum absolute atomic E-state index is 0.0224. The van der Waals surface area contributed by atoms with Crippen LogP contribution in [0.3, 0.4) is 0 Å². The van der Waals surface area contributed by atoms with E-state index in [4.69, 9.17) is 11.6 Å². The lowest BCUT2D eigenvalue weighted by atomic mass is 10.2. The van der Waals surface area contributed by atoms with E-state index >= 15 is 0 Å². The smallest absolute Gasteiger partial charge is 0.293 e. The van der Waals surface area contributed by atoms with Crippen LogP contribution in [0.1, 0.15) is 5.56 Å². The molecule has 1 amide bonds. The second-order valence-corrected chi connectivity index (χ2v) is 5.13. The molecule has 6 nitrogen and oxygen atoms in total. The van der Waals surface area contributed by atoms with Crippen LogP contribution in [-0.4, -0.2) is 17.4 Å². The molecule has 114 valence electrons. The number of aryl methyl sites for hydroxylation is 1. The number of amides is 1. The van der Waals surface area contributed by atoms with Gasteiger partial charge in [0.1, 0.15) is 5.69 Å². The summed E-state index contributed by atoms with van der Waals surface area (Å²) >= 11 is 5.84. The van der Waals surface area contributed by atoms with Crippen molar-refractivity contribution in [1.82, 2.24) is 0 Å². The van der Waals surface area contributed by atoms with Crippen LogP contribution in [0.4, 0.5) is 17.1 Å². The van der Waals surface area contributed by atoms with E-state index in [1.165, 1.54) is 12.1 Å². The van der Waals surface area contributed by atoms with Crippen LogP contribution in [0.25, 0.3) is 0 Å². The second kappa shape index (κ2) is 6.91. The van der Waals surface area contributed by atoms with Crippen molar-refractivity contribution < 1.29 is 9.72 Å². The maximum atomic E-state index is 11.9. The summed E-state index contributed by atoms with van der Waals surface area (Å²) in [6.45, 7) is 1.73. The van der Waals surface area contributed by atoms with Gasteiger partial charge >= 0.3 is 0 Å². The van der Waals surface area contributed by atoms with E-state index in [-0.39, 0.29) is 23.8 Å². The molecule has 0 aliphatic rings. The fourth-order valence-electron chi connectivity index (χ4n) is 1.87. The predicted molar refractivity (Wildman–Crippen MR) is 86.4 cm³/mol. The zero-order valence-electron chi connectivity index (χ0n) is 11.8. The summed E-state index contributed by atoms with van der Waals surface area (Å²) in [5.41, 5.74) is 1.49. The summed E-state index contributed by atoms with van der Waals surface area (Å²) in [7, 11) is 0. The number of carbonyl (C=O) groups excluding carboxylic acids is 1. The molecule has 0 saturated heterocycles. The SMILES string of the molecule is Cc1ccc(NC(=O)CNc2cccc(Cl)c2)c([N+](=O)[O-])c1. The molecule has 0 aromatic heterocycles. The lowest BCUT2D eigenvalue weighted by molar-refractivity contribution is -0.384. The third kappa shape index (κ3) is 4.20. The van der Waals surface area contributed by atoms with E-state index in [0.717, 1.165) is 5.56 Å². The molecule has 0 aliphatic carbocycles. The Balaban J connectivity index is 2.02. The molecule has 0 atom stereocenters. The Kier molecular flexibility index (Phi) is 4.95. The van der Waals surface area contributed by atoms with E-state index in [1.54, 1.807) is 37.3 Å². The van der Waals surface area contributed by atoms with Gasteiger partial charge in [-0.05, 0) is 36.8 Å². The highest BCUT2D eigenvalue weighted by Crippen LogP contribution is 2.25. The summed E-state index contributed by atoms with van der Waals surface area (Å²) in [5.74, 6) is -0.382. The molecule has 2 aromatic carbocycles. The summed E-state index contributed by atoms with van der Waals surface area (Å²) in [5, 5.41) is 17.0. The highest BCUT2D eigenvalue weighted by molar-refractivity contribution is 6.30. The number of carbonyl (C=O) groups is 1. The lowest BCUT2D eigenvalue weighted by Gasteiger charge is -2.09. The number of hydrogen-bond donors (Lipinski definition) is 2. The molecule has 0 spiro atoms. The Bertz CT molecular complexity index is 719. The quantitative estimate of drug-likeness (QED) is 0.651. The summed E-state index contributed by atoms with van der Waals surface area (Å²) in [6, 6.07) is 11.6. The molecule has 0 aliphatic heterocycles. The van der Waals surface area contributed by atoms with Crippen LogP contribution in [-0.2, 0) is 4.79 Å². The largest absolute Gasteiger partial charge is 0.376 e. The molecule has 2 aromatic rings. The van der Waals surface area contributed by atoms with Crippen LogP contribution in [0.15, 0.2) is 42.5 Å². The van der Waals surface area contributed by atoms with Crippen LogP contribution >= 0.6 is 11.6 Å². The number of halogens is 1. The molecule has 22 heavy (non-hydrogen) atoms. The fourth-order valence-corrected chi connectivity index (χ4v) is 2.06. The third-order valence-corrected chi connectivity index (χ3v) is 3.14. The van der Waals surface area contributed by atoms with Crippen molar-refractivity contribution in [2.45, 2.75) is 6.92 Å². The predicted octanol–water partition coefficient (Wildman–Crippen LogP) is 3.61. The van der Waals surface area contributed by atoms with Gasteiger partial charge in [-0.1, -0.05) is 23.7 Å². The summed E-state index contributed by atoms with van der Waals surface area (Å²) in [6.07, 6.45) is 0. The number of nitrogens with zero attached hydrogens (tertiary/aromatic N) is 1. The number of anilines is 2. The van der Waals surface area contributed by atoms with Crippen molar-refractivity contribution in [3.8, 4) is 0 Å². The Morgan fingerprint density at radius 3 is 2.73 bits per heavy atom. The van der Waals surface area contributed by atoms with Crippen LogP contribution < -0.4 is 10.6 Å². The highest BCUT2D eigenvalue weighted by atomic mass is 35.5. The zero-order valence-corrected chi connectivity index (χ0v) is 12.6. The number of nitro benzene ring substituents is 1. The van der Waals surface area contributed by atoms with E-state index < -0.39 is 4.92 Å². The van der Waals surface area contributed by atoms with Crippen LogP contribution in [0.2, 0.25) is 5.02 Å². The number of nitrogens with one attached hydrogen (secondary N) is 2. The lowest BCUT2D eigenvalue weighted by Crippen LogP contribution is -2.22. The topological polar surface area (TPSA) is 84.3 Å². The van der Waals surface area contributed by atoms with Crippen molar-refractivity contribution in [3.05, 3.63) is 63.2 Å². The first-order valence-corrected chi connectivity index (χ1v) is 6.88. The van der Waals surface area contributed by atoms with Gasteiger partial charge < -0.3 is 10.6 Å². The Morgan fingerprint density at radius 2 is 2.05 bits per heavy atom. The van der Waals surface area contributed by atoms with Gasteiger partial charge in [-0.2, -0.15) is 0 Å². The second-order valence-electron chi connectivity index (χ2n) is 4.69. The third-order valence-electron chi connectivity index (χ3n) is 2.90. The monoisotopic (exact) mass is 319 g/mol. The first-order valence-electron chi connectivity index (χ1n) is 6.50. The highest BCUT2D eigenvalue weighted by Gasteiger charge is 2.15. The molecular weight excluding hydrogens is 306 g/mol. The minimum atomic E-state index is -0.521. The maximum absolute atomic E-state index is 11.9. The van der Waals surface area contributed by atoms with Crippen LogP contribution in [0.5, 0.6) is 0 Å². The normalized spacial score (nSPS) is 10.1. The average molecular weight is 320 g/mol. The molecular formula is C15H14ClN3O3. The van der Waals surface area contributed by atoms with Gasteiger partial charge in [0.25, 0.3) is 5.69 Å². The fraction of sp³-hybridized carbons (Fsp3) is 0.133. The van der Waals surface area contributed by atoms with Gasteiger partial charge in [0, 0.05) is 16.8 Å². The van der Waals surface area contributed by atoms with Gasteiger partial charge in [-0.3, -0.25) is 14.9 Å². The van der Waals surface area contributed by atoms with Crippen molar-refractivity contribution in [1.29, 1.82) is 0 Å². The van der Waals surface area contributed by atoms with Gasteiger partial charge in [0.15, 0.2) is 0 Å². The van der Waals surface area contributed by atoms with Crippen molar-refractivity contribution in [2.75, 3.05) is 17.2 Å². The van der Waals surface area contributed by atoms with E-state index in [9.17, 15) is 14.9 Å². The van der Waals surface area contributed by atoms with Crippen molar-refractivity contribution in [2.24, 2.45) is 0 Å². The molecule has 0 radical (unpaired) electrons. The number of nitro groups is 1. The van der Waals surface area contributed by atoms with E-state index in [0.29, 0.717) is 10.7 Å². The standard InChI is InChI=1S/C15H14ClN3O3/c1-10-5-6-13(14(7-10)19(21)22)18-15(20)9-17-12-4-2-3-11(16)8-12/h2-8,17H,9H2,1H3,(H,18,20). The molecule has 2 N–H and O–H groups in total. The maximum Gasteiger partial charge on any atom is 0.293 e. The van der Waals surface area contributed by atoms with Gasteiger partial charge in [-0.15, -0.1) is 0 Å². The van der Waals surface area contributed by atoms with Crippen molar-refractivity contribution >= 4 is 34.6 Å². The van der Waals surface area contributed by atoms with Gasteiger partial charge in [-0.25, -0.2) is 0 Å². The first kappa shape index (κ1) is 15.8. The Labute approximate surface area is 132 Å². The molecule has 2 rings (SSSR count). The summed E-state index contributed by atoms with van der Waals surface area (Å²) in [4.78, 5) is 22.4. The molecule has 0 fully saturated rings. The molecule has 7 heteroatoms. The average Bonchev–Trinajstić information content (AvgIpc) is 2.47. The van der Waals surface area contributed by atoms with Gasteiger partial charge in [0.2, 0.25) is 5.91 Å². The first-order chi connectivity index (χ1) is 10.5. The minimum Gasteiger partial charge on any atom is -0.376 e. The molecule has 0 saturated carbocycles. The van der Waals surface area contributed by atoms with Crippen LogP contribution in [0, 0.1) is 17.0 Å². The molecule has 0 unspecified atom stereocenters. The Hall–Kier alpha value is -2.60. The molecule has 0 heterocycles. The number of benzene rings is 2.